The van der Waals surface area contributed by atoms with Crippen LogP contribution in [0.2, 0.25) is 0 Å². The van der Waals surface area contributed by atoms with Crippen molar-refractivity contribution in [3.05, 3.63) is 47.5 Å². The Morgan fingerprint density at radius 3 is 2.17 bits per heavy atom. The number of likely N-dealkylation sites (N-methyl/N-ethyl adjacent to an activating group) is 1. The molecule has 2 aliphatic rings. The van der Waals surface area contributed by atoms with Gasteiger partial charge >= 0.3 is 0 Å². The lowest BCUT2D eigenvalue weighted by molar-refractivity contribution is 0.159. The molecule has 1 fully saturated rings. The Hall–Kier alpha value is -2.40. The first-order valence-electron chi connectivity index (χ1n) is 10.5. The fraction of sp³-hybridized carbons (Fsp3) is 0.500. The van der Waals surface area contributed by atoms with Crippen LogP contribution in [0.15, 0.2) is 36.4 Å². The number of benzene rings is 2. The Kier molecular flexibility index (Phi) is 5.59. The number of nitrogens with zero attached hydrogens (tertiary/aromatic N) is 2. The molecule has 0 saturated carbocycles. The first kappa shape index (κ1) is 19.9. The third kappa shape index (κ3) is 3.52. The summed E-state index contributed by atoms with van der Waals surface area (Å²) in [7, 11) is 4.98. The lowest BCUT2D eigenvalue weighted by atomic mass is 9.74. The summed E-state index contributed by atoms with van der Waals surface area (Å²) in [4.78, 5) is 5.09. The van der Waals surface area contributed by atoms with E-state index < -0.39 is 0 Å². The molecular formula is C24H32N2O3. The van der Waals surface area contributed by atoms with Crippen molar-refractivity contribution in [1.82, 2.24) is 4.90 Å². The monoisotopic (exact) mass is 396 g/mol. The molecule has 156 valence electrons. The van der Waals surface area contributed by atoms with Crippen LogP contribution in [0.4, 0.5) is 5.69 Å². The Morgan fingerprint density at radius 2 is 1.59 bits per heavy atom. The van der Waals surface area contributed by atoms with E-state index in [2.05, 4.69) is 53.1 Å². The Labute approximate surface area is 174 Å². The molecule has 0 aromatic heterocycles. The third-order valence-corrected chi connectivity index (χ3v) is 6.64. The van der Waals surface area contributed by atoms with Gasteiger partial charge in [0, 0.05) is 30.7 Å². The number of likely N-dealkylation sites (tertiary alicyclic amines) is 1. The second kappa shape index (κ2) is 8.15. The lowest BCUT2D eigenvalue weighted by Gasteiger charge is -2.40. The van der Waals surface area contributed by atoms with Crippen molar-refractivity contribution in [2.75, 3.05) is 52.4 Å². The van der Waals surface area contributed by atoms with E-state index in [-0.39, 0.29) is 0 Å². The predicted octanol–water partition coefficient (Wildman–Crippen LogP) is 4.09. The average molecular weight is 397 g/mol. The molecule has 0 radical (unpaired) electrons. The molecule has 0 aliphatic carbocycles. The van der Waals surface area contributed by atoms with Crippen LogP contribution in [0.25, 0.3) is 0 Å². The molecule has 0 amide bonds. The lowest BCUT2D eigenvalue weighted by Crippen LogP contribution is -2.44. The zero-order chi connectivity index (χ0) is 20.4. The fourth-order valence-electron chi connectivity index (χ4n) is 5.07. The minimum atomic E-state index is 0.304. The molecule has 5 nitrogen and oxygen atoms in total. The van der Waals surface area contributed by atoms with Crippen LogP contribution in [-0.4, -0.2) is 52.4 Å². The molecule has 2 aliphatic heterocycles. The molecular weight excluding hydrogens is 364 g/mol. The zero-order valence-electron chi connectivity index (χ0n) is 18.0. The molecule has 0 atom stereocenters. The van der Waals surface area contributed by atoms with Crippen LogP contribution in [0.5, 0.6) is 17.2 Å². The molecule has 1 saturated heterocycles. The van der Waals surface area contributed by atoms with Gasteiger partial charge in [0.2, 0.25) is 5.75 Å². The maximum Gasteiger partial charge on any atom is 0.203 e. The summed E-state index contributed by atoms with van der Waals surface area (Å²) in [5.41, 5.74) is 4.48. The SMILES string of the molecule is CCN1CC2(CCN(Cc3cc(OC)c(OC)c(OC)c3)CC2)c2ccccc21. The minimum Gasteiger partial charge on any atom is -0.493 e. The van der Waals surface area contributed by atoms with Crippen molar-refractivity contribution in [3.8, 4) is 17.2 Å². The molecule has 5 heteroatoms. The predicted molar refractivity (Wildman–Crippen MR) is 117 cm³/mol. The Morgan fingerprint density at radius 1 is 0.931 bits per heavy atom. The Bertz CT molecular complexity index is 834. The van der Waals surface area contributed by atoms with Gasteiger partial charge < -0.3 is 19.1 Å². The number of hydrogen-bond acceptors (Lipinski definition) is 5. The van der Waals surface area contributed by atoms with Gasteiger partial charge in [0.1, 0.15) is 0 Å². The van der Waals surface area contributed by atoms with Gasteiger partial charge in [-0.2, -0.15) is 0 Å². The van der Waals surface area contributed by atoms with Gasteiger partial charge in [-0.05, 0) is 62.2 Å². The number of piperidine rings is 1. The molecule has 2 aromatic carbocycles. The smallest absolute Gasteiger partial charge is 0.203 e. The van der Waals surface area contributed by atoms with Gasteiger partial charge in [0.15, 0.2) is 11.5 Å². The second-order valence-corrected chi connectivity index (χ2v) is 8.12. The normalized spacial score (nSPS) is 18.0. The summed E-state index contributed by atoms with van der Waals surface area (Å²) < 4.78 is 16.5. The summed E-state index contributed by atoms with van der Waals surface area (Å²) in [6, 6.07) is 13.1. The first-order chi connectivity index (χ1) is 14.1. The van der Waals surface area contributed by atoms with Crippen molar-refractivity contribution >= 4 is 5.69 Å². The van der Waals surface area contributed by atoms with Gasteiger partial charge in [0.25, 0.3) is 0 Å². The molecule has 0 bridgehead atoms. The topological polar surface area (TPSA) is 34.2 Å². The molecule has 2 aromatic rings. The standard InChI is InChI=1S/C24H32N2O3/c1-5-26-17-24(19-8-6-7-9-20(19)26)10-12-25(13-11-24)16-18-14-21(27-2)23(29-4)22(15-18)28-3/h6-9,14-15H,5,10-13,16-17H2,1-4H3. The summed E-state index contributed by atoms with van der Waals surface area (Å²) in [6.45, 7) is 7.58. The zero-order valence-corrected chi connectivity index (χ0v) is 18.0. The van der Waals surface area contributed by atoms with Gasteiger partial charge in [-0.15, -0.1) is 0 Å². The van der Waals surface area contributed by atoms with Crippen LogP contribution in [0.3, 0.4) is 0 Å². The van der Waals surface area contributed by atoms with E-state index >= 15 is 0 Å². The molecule has 1 spiro atoms. The van der Waals surface area contributed by atoms with E-state index in [1.807, 2.05) is 0 Å². The highest BCUT2D eigenvalue weighted by Crippen LogP contribution is 2.47. The van der Waals surface area contributed by atoms with E-state index in [9.17, 15) is 0 Å². The van der Waals surface area contributed by atoms with Gasteiger partial charge in [-0.25, -0.2) is 0 Å². The first-order valence-corrected chi connectivity index (χ1v) is 10.5. The number of hydrogen-bond donors (Lipinski definition) is 0. The number of rotatable bonds is 6. The largest absolute Gasteiger partial charge is 0.493 e. The van der Waals surface area contributed by atoms with E-state index in [0.717, 1.165) is 44.2 Å². The van der Waals surface area contributed by atoms with Crippen molar-refractivity contribution in [2.24, 2.45) is 0 Å². The average Bonchev–Trinajstić information content (AvgIpc) is 3.08. The van der Waals surface area contributed by atoms with Gasteiger partial charge in [0.05, 0.1) is 21.3 Å². The number of ether oxygens (including phenoxy) is 3. The van der Waals surface area contributed by atoms with Gasteiger partial charge in [-0.1, -0.05) is 18.2 Å². The molecule has 29 heavy (non-hydrogen) atoms. The highest BCUT2D eigenvalue weighted by molar-refractivity contribution is 5.62. The highest BCUT2D eigenvalue weighted by atomic mass is 16.5. The van der Waals surface area contributed by atoms with Crippen molar-refractivity contribution in [1.29, 1.82) is 0 Å². The van der Waals surface area contributed by atoms with E-state index in [0.29, 0.717) is 11.2 Å². The number of anilines is 1. The van der Waals surface area contributed by atoms with Crippen LogP contribution in [0, 0.1) is 0 Å². The van der Waals surface area contributed by atoms with Crippen LogP contribution in [-0.2, 0) is 12.0 Å². The summed E-state index contributed by atoms with van der Waals surface area (Å²) >= 11 is 0. The third-order valence-electron chi connectivity index (χ3n) is 6.64. The molecule has 4 rings (SSSR count). The van der Waals surface area contributed by atoms with E-state index in [1.165, 1.54) is 24.1 Å². The Balaban J connectivity index is 1.49. The molecule has 0 unspecified atom stereocenters. The van der Waals surface area contributed by atoms with Crippen molar-refractivity contribution in [2.45, 2.75) is 31.7 Å². The van der Waals surface area contributed by atoms with E-state index in [1.54, 1.807) is 26.9 Å². The molecule has 2 heterocycles. The van der Waals surface area contributed by atoms with Crippen LogP contribution < -0.4 is 19.1 Å². The number of methoxy groups -OCH3 is 3. The quantitative estimate of drug-likeness (QED) is 0.735. The van der Waals surface area contributed by atoms with Crippen LogP contribution >= 0.6 is 0 Å². The summed E-state index contributed by atoms with van der Waals surface area (Å²) in [5, 5.41) is 0. The maximum atomic E-state index is 5.52. The van der Waals surface area contributed by atoms with Crippen LogP contribution in [0.1, 0.15) is 30.9 Å². The summed E-state index contributed by atoms with van der Waals surface area (Å²) in [5.74, 6) is 2.09. The molecule has 0 N–H and O–H groups in total. The number of para-hydroxylation sites is 1. The fourth-order valence-corrected chi connectivity index (χ4v) is 5.07. The maximum absolute atomic E-state index is 5.52. The van der Waals surface area contributed by atoms with Crippen molar-refractivity contribution in [3.63, 3.8) is 0 Å². The minimum absolute atomic E-state index is 0.304. The van der Waals surface area contributed by atoms with Crippen molar-refractivity contribution < 1.29 is 14.2 Å². The summed E-state index contributed by atoms with van der Waals surface area (Å²) in [6.07, 6.45) is 2.40. The van der Waals surface area contributed by atoms with E-state index in [4.69, 9.17) is 14.2 Å². The highest BCUT2D eigenvalue weighted by Gasteiger charge is 2.43. The second-order valence-electron chi connectivity index (χ2n) is 8.12. The van der Waals surface area contributed by atoms with Gasteiger partial charge in [-0.3, -0.25) is 4.90 Å². The number of fused-ring (bicyclic) bond motifs is 2.